The lowest BCUT2D eigenvalue weighted by molar-refractivity contribution is -0.170. The van der Waals surface area contributed by atoms with E-state index in [2.05, 4.69) is 29.6 Å². The zero-order valence-electron chi connectivity index (χ0n) is 20.3. The SMILES string of the molecule is COC1(C(=O)O)CCN(C(=O)C(NC(=O)OCC2c3ccccc3-c3ccccc32)C(C)C)CC1. The standard InChI is InChI=1S/C27H32N2O6/c1-17(2)23(24(30)29-14-12-27(34-3,13-15-29)25(31)32)28-26(33)35-16-22-20-10-6-4-8-18(20)19-9-5-7-11-21(19)22/h4-11,17,22-23H,12-16H2,1-3H3,(H,28,33)(H,31,32). The van der Waals surface area contributed by atoms with Crippen LogP contribution in [0.25, 0.3) is 11.1 Å². The second-order valence-corrected chi connectivity index (χ2v) is 9.52. The van der Waals surface area contributed by atoms with Crippen LogP contribution in [0.2, 0.25) is 0 Å². The van der Waals surface area contributed by atoms with Crippen molar-refractivity contribution in [3.63, 3.8) is 0 Å². The van der Waals surface area contributed by atoms with Crippen molar-refractivity contribution in [2.24, 2.45) is 5.92 Å². The first-order valence-corrected chi connectivity index (χ1v) is 12.0. The van der Waals surface area contributed by atoms with Gasteiger partial charge in [-0.2, -0.15) is 0 Å². The summed E-state index contributed by atoms with van der Waals surface area (Å²) >= 11 is 0. The van der Waals surface area contributed by atoms with E-state index in [4.69, 9.17) is 9.47 Å². The van der Waals surface area contributed by atoms with Crippen molar-refractivity contribution in [3.8, 4) is 11.1 Å². The van der Waals surface area contributed by atoms with Crippen molar-refractivity contribution in [3.05, 3.63) is 59.7 Å². The van der Waals surface area contributed by atoms with Crippen LogP contribution < -0.4 is 5.32 Å². The molecule has 2 aromatic carbocycles. The van der Waals surface area contributed by atoms with Crippen molar-refractivity contribution < 1.29 is 29.0 Å². The van der Waals surface area contributed by atoms with Crippen LogP contribution in [0.1, 0.15) is 43.7 Å². The number of benzene rings is 2. The van der Waals surface area contributed by atoms with Crippen LogP contribution in [0.15, 0.2) is 48.5 Å². The summed E-state index contributed by atoms with van der Waals surface area (Å²) in [6, 6.07) is 15.4. The molecule has 0 radical (unpaired) electrons. The van der Waals surface area contributed by atoms with Gasteiger partial charge in [0.15, 0.2) is 5.60 Å². The molecular formula is C27H32N2O6. The number of carboxylic acid groups (broad SMARTS) is 1. The first-order valence-electron chi connectivity index (χ1n) is 12.0. The van der Waals surface area contributed by atoms with Gasteiger partial charge in [-0.25, -0.2) is 9.59 Å². The molecule has 35 heavy (non-hydrogen) atoms. The predicted molar refractivity (Wildman–Crippen MR) is 130 cm³/mol. The van der Waals surface area contributed by atoms with Gasteiger partial charge in [0.1, 0.15) is 12.6 Å². The molecule has 186 valence electrons. The minimum absolute atomic E-state index is 0.0679. The lowest BCUT2D eigenvalue weighted by atomic mass is 9.90. The number of likely N-dealkylation sites (tertiary alicyclic amines) is 1. The van der Waals surface area contributed by atoms with E-state index in [1.165, 1.54) is 7.11 Å². The molecule has 4 rings (SSSR count). The predicted octanol–water partition coefficient (Wildman–Crippen LogP) is 3.64. The maximum atomic E-state index is 13.2. The van der Waals surface area contributed by atoms with Gasteiger partial charge in [0.25, 0.3) is 0 Å². The van der Waals surface area contributed by atoms with E-state index in [9.17, 15) is 19.5 Å². The molecule has 0 saturated carbocycles. The van der Waals surface area contributed by atoms with E-state index in [1.807, 2.05) is 38.1 Å². The second kappa shape index (κ2) is 10.1. The van der Waals surface area contributed by atoms with Crippen LogP contribution >= 0.6 is 0 Å². The second-order valence-electron chi connectivity index (χ2n) is 9.52. The molecule has 8 heteroatoms. The van der Waals surface area contributed by atoms with Gasteiger partial charge in [0.2, 0.25) is 5.91 Å². The molecule has 2 amide bonds. The maximum Gasteiger partial charge on any atom is 0.407 e. The number of piperidine rings is 1. The minimum Gasteiger partial charge on any atom is -0.479 e. The molecule has 1 atom stereocenters. The van der Waals surface area contributed by atoms with Crippen LogP contribution in [-0.4, -0.2) is 66.4 Å². The number of methoxy groups -OCH3 is 1. The summed E-state index contributed by atoms with van der Waals surface area (Å²) in [4.78, 5) is 39.2. The third-order valence-corrected chi connectivity index (χ3v) is 7.21. The Labute approximate surface area is 205 Å². The van der Waals surface area contributed by atoms with Crippen molar-refractivity contribution in [1.29, 1.82) is 0 Å². The van der Waals surface area contributed by atoms with Gasteiger partial charge in [0, 0.05) is 39.0 Å². The van der Waals surface area contributed by atoms with Gasteiger partial charge in [-0.15, -0.1) is 0 Å². The highest BCUT2D eigenvalue weighted by atomic mass is 16.5. The Kier molecular flexibility index (Phi) is 7.12. The minimum atomic E-state index is -1.27. The average Bonchev–Trinajstić information content (AvgIpc) is 3.19. The maximum absolute atomic E-state index is 13.2. The number of nitrogens with one attached hydrogen (secondary N) is 1. The molecule has 2 aromatic rings. The Morgan fingerprint density at radius 1 is 1.03 bits per heavy atom. The molecule has 0 spiro atoms. The molecule has 1 heterocycles. The zero-order chi connectivity index (χ0) is 25.2. The van der Waals surface area contributed by atoms with Crippen molar-refractivity contribution in [2.75, 3.05) is 26.8 Å². The summed E-state index contributed by atoms with van der Waals surface area (Å²) in [5, 5.41) is 12.2. The number of aliphatic carboxylic acids is 1. The number of fused-ring (bicyclic) bond motifs is 3. The number of hydrogen-bond donors (Lipinski definition) is 2. The summed E-state index contributed by atoms with van der Waals surface area (Å²) in [5.41, 5.74) is 3.25. The summed E-state index contributed by atoms with van der Waals surface area (Å²) in [6.45, 7) is 4.36. The smallest absolute Gasteiger partial charge is 0.407 e. The van der Waals surface area contributed by atoms with Gasteiger partial charge < -0.3 is 24.8 Å². The Bertz CT molecular complexity index is 1060. The van der Waals surface area contributed by atoms with Crippen LogP contribution in [0.5, 0.6) is 0 Å². The van der Waals surface area contributed by atoms with Crippen molar-refractivity contribution >= 4 is 18.0 Å². The average molecular weight is 481 g/mol. The zero-order valence-corrected chi connectivity index (χ0v) is 20.3. The Morgan fingerprint density at radius 3 is 2.06 bits per heavy atom. The van der Waals surface area contributed by atoms with Gasteiger partial charge in [-0.05, 0) is 28.2 Å². The van der Waals surface area contributed by atoms with E-state index in [1.54, 1.807) is 4.90 Å². The van der Waals surface area contributed by atoms with Gasteiger partial charge >= 0.3 is 12.1 Å². The quantitative estimate of drug-likeness (QED) is 0.627. The van der Waals surface area contributed by atoms with Crippen LogP contribution in [0.3, 0.4) is 0 Å². The number of carboxylic acids is 1. The summed E-state index contributed by atoms with van der Waals surface area (Å²) in [7, 11) is 1.38. The Morgan fingerprint density at radius 2 is 1.57 bits per heavy atom. The van der Waals surface area contributed by atoms with E-state index < -0.39 is 23.7 Å². The number of hydrogen-bond acceptors (Lipinski definition) is 5. The molecule has 2 N–H and O–H groups in total. The summed E-state index contributed by atoms with van der Waals surface area (Å²) in [5.74, 6) is -1.51. The van der Waals surface area contributed by atoms with Gasteiger partial charge in [-0.1, -0.05) is 62.4 Å². The van der Waals surface area contributed by atoms with E-state index in [0.29, 0.717) is 0 Å². The number of alkyl carbamates (subject to hydrolysis) is 1. The molecule has 1 aliphatic carbocycles. The fourth-order valence-electron chi connectivity index (χ4n) is 5.07. The Hall–Kier alpha value is -3.39. The highest BCUT2D eigenvalue weighted by Crippen LogP contribution is 2.44. The highest BCUT2D eigenvalue weighted by molar-refractivity contribution is 5.87. The fourth-order valence-corrected chi connectivity index (χ4v) is 5.07. The fraction of sp³-hybridized carbons (Fsp3) is 0.444. The van der Waals surface area contributed by atoms with E-state index >= 15 is 0 Å². The molecule has 1 aliphatic heterocycles. The third-order valence-electron chi connectivity index (χ3n) is 7.21. The molecular weight excluding hydrogens is 448 g/mol. The molecule has 1 saturated heterocycles. The lowest BCUT2D eigenvalue weighted by Gasteiger charge is -2.39. The number of ether oxygens (including phenoxy) is 2. The molecule has 0 aromatic heterocycles. The van der Waals surface area contributed by atoms with E-state index in [0.717, 1.165) is 22.3 Å². The summed E-state index contributed by atoms with van der Waals surface area (Å²) < 4.78 is 10.9. The largest absolute Gasteiger partial charge is 0.479 e. The van der Waals surface area contributed by atoms with Crippen molar-refractivity contribution in [1.82, 2.24) is 10.2 Å². The molecule has 8 nitrogen and oxygen atoms in total. The number of carbonyl (C=O) groups excluding carboxylic acids is 2. The van der Waals surface area contributed by atoms with Crippen molar-refractivity contribution in [2.45, 2.75) is 44.2 Å². The molecule has 0 bridgehead atoms. The Balaban J connectivity index is 1.39. The number of carbonyl (C=O) groups is 3. The van der Waals surface area contributed by atoms with Crippen LogP contribution in [0, 0.1) is 5.92 Å². The van der Waals surface area contributed by atoms with Gasteiger partial charge in [0.05, 0.1) is 0 Å². The number of nitrogens with zero attached hydrogens (tertiary/aromatic N) is 1. The normalized spacial score (nSPS) is 17.4. The number of amides is 2. The monoisotopic (exact) mass is 480 g/mol. The molecule has 1 unspecified atom stereocenters. The summed E-state index contributed by atoms with van der Waals surface area (Å²) in [6.07, 6.45) is -0.256. The topological polar surface area (TPSA) is 105 Å². The van der Waals surface area contributed by atoms with Crippen LogP contribution in [0.4, 0.5) is 4.79 Å². The van der Waals surface area contributed by atoms with Crippen LogP contribution in [-0.2, 0) is 19.1 Å². The van der Waals surface area contributed by atoms with Gasteiger partial charge in [-0.3, -0.25) is 4.79 Å². The third kappa shape index (κ3) is 4.75. The first kappa shape index (κ1) is 24.7. The first-order chi connectivity index (χ1) is 16.8. The highest BCUT2D eigenvalue weighted by Gasteiger charge is 2.44. The van der Waals surface area contributed by atoms with E-state index in [-0.39, 0.29) is 50.3 Å². The molecule has 1 fully saturated rings. The number of rotatable bonds is 7. The lowest BCUT2D eigenvalue weighted by Crippen LogP contribution is -2.57. The molecule has 2 aliphatic rings.